The molecule has 0 saturated carbocycles. The Labute approximate surface area is 113 Å². The normalized spacial score (nSPS) is 18.1. The van der Waals surface area contributed by atoms with Gasteiger partial charge in [-0.05, 0) is 38.4 Å². The van der Waals surface area contributed by atoms with E-state index in [1.54, 1.807) is 0 Å². The van der Waals surface area contributed by atoms with Crippen molar-refractivity contribution in [2.75, 3.05) is 0 Å². The zero-order valence-corrected chi connectivity index (χ0v) is 13.3. The van der Waals surface area contributed by atoms with Gasteiger partial charge in [-0.15, -0.1) is 0 Å². The van der Waals surface area contributed by atoms with Crippen LogP contribution in [-0.4, -0.2) is 20.8 Å². The Morgan fingerprint density at radius 1 is 0.944 bits per heavy atom. The molecule has 102 valence electrons. The molecule has 2 nitrogen and oxygen atoms in total. The molecule has 2 atom stereocenters. The Hall–Kier alpha value is -0.643. The van der Waals surface area contributed by atoms with Crippen LogP contribution in [0.5, 0.6) is 0 Å². The lowest BCUT2D eigenvalue weighted by Gasteiger charge is -2.32. The molecule has 0 aliphatic carbocycles. The van der Waals surface area contributed by atoms with E-state index in [-0.39, 0.29) is 12.2 Å². The van der Waals surface area contributed by atoms with Crippen LogP contribution in [0.4, 0.5) is 0 Å². The minimum Gasteiger partial charge on any atom is -0.388 e. The van der Waals surface area contributed by atoms with Gasteiger partial charge in [0.15, 0.2) is 0 Å². The highest BCUT2D eigenvalue weighted by atomic mass is 28.4. The summed E-state index contributed by atoms with van der Waals surface area (Å²) in [6, 6.07) is 10.4. The van der Waals surface area contributed by atoms with Crippen molar-refractivity contribution < 1.29 is 8.85 Å². The number of hydrogen-bond acceptors (Lipinski definition) is 2. The largest absolute Gasteiger partial charge is 0.388 e. The van der Waals surface area contributed by atoms with Gasteiger partial charge in [0.05, 0.1) is 0 Å². The van der Waals surface area contributed by atoms with Gasteiger partial charge < -0.3 is 8.85 Å². The molecular weight excluding hydrogens is 240 g/mol. The summed E-state index contributed by atoms with van der Waals surface area (Å²) >= 11 is 0. The number of rotatable bonds is 7. The van der Waals surface area contributed by atoms with Gasteiger partial charge in [-0.1, -0.05) is 44.2 Å². The molecule has 1 aromatic carbocycles. The molecule has 0 heterocycles. The highest BCUT2D eigenvalue weighted by Crippen LogP contribution is 2.16. The molecule has 3 heteroatoms. The van der Waals surface area contributed by atoms with Crippen LogP contribution in [0.2, 0.25) is 6.55 Å². The predicted molar refractivity (Wildman–Crippen MR) is 79.4 cm³/mol. The molecule has 0 saturated heterocycles. The second-order valence-electron chi connectivity index (χ2n) is 4.99. The minimum absolute atomic E-state index is 0.242. The monoisotopic (exact) mass is 266 g/mol. The van der Waals surface area contributed by atoms with Gasteiger partial charge in [0.1, 0.15) is 0 Å². The Morgan fingerprint density at radius 3 is 1.78 bits per heavy atom. The summed E-state index contributed by atoms with van der Waals surface area (Å²) < 4.78 is 12.5. The van der Waals surface area contributed by atoms with Crippen LogP contribution in [0.15, 0.2) is 30.3 Å². The van der Waals surface area contributed by atoms with Crippen molar-refractivity contribution in [1.29, 1.82) is 0 Å². The quantitative estimate of drug-likeness (QED) is 0.702. The predicted octanol–water partition coefficient (Wildman–Crippen LogP) is 3.60. The summed E-state index contributed by atoms with van der Waals surface area (Å²) in [5.41, 5.74) is 0. The van der Waals surface area contributed by atoms with Gasteiger partial charge in [0, 0.05) is 12.2 Å². The van der Waals surface area contributed by atoms with Gasteiger partial charge in [-0.2, -0.15) is 0 Å². The average molecular weight is 266 g/mol. The third kappa shape index (κ3) is 4.23. The van der Waals surface area contributed by atoms with E-state index in [9.17, 15) is 0 Å². The SMILES string of the molecule is CCC(C)O[Si](C)(OC(C)CC)c1ccccc1. The van der Waals surface area contributed by atoms with E-state index in [0.717, 1.165) is 12.8 Å². The Balaban J connectivity index is 2.93. The van der Waals surface area contributed by atoms with Crippen LogP contribution < -0.4 is 5.19 Å². The van der Waals surface area contributed by atoms with E-state index in [1.807, 2.05) is 6.07 Å². The third-order valence-corrected chi connectivity index (χ3v) is 6.39. The van der Waals surface area contributed by atoms with Crippen molar-refractivity contribution in [3.63, 3.8) is 0 Å². The van der Waals surface area contributed by atoms with E-state index in [0.29, 0.717) is 0 Å². The lowest BCUT2D eigenvalue weighted by Crippen LogP contribution is -2.54. The summed E-state index contributed by atoms with van der Waals surface area (Å²) in [4.78, 5) is 0. The Morgan fingerprint density at radius 2 is 1.39 bits per heavy atom. The van der Waals surface area contributed by atoms with Crippen molar-refractivity contribution >= 4 is 13.7 Å². The molecule has 1 rings (SSSR count). The molecule has 0 N–H and O–H groups in total. The van der Waals surface area contributed by atoms with Crippen molar-refractivity contribution in [3.8, 4) is 0 Å². The second kappa shape index (κ2) is 7.07. The minimum atomic E-state index is -2.29. The van der Waals surface area contributed by atoms with E-state index in [1.165, 1.54) is 5.19 Å². The molecule has 1 aromatic rings. The summed E-state index contributed by atoms with van der Waals surface area (Å²) in [6.07, 6.45) is 2.51. The van der Waals surface area contributed by atoms with Crippen molar-refractivity contribution in [2.24, 2.45) is 0 Å². The maximum absolute atomic E-state index is 6.26. The molecule has 0 amide bonds. The average Bonchev–Trinajstić information content (AvgIpc) is 2.39. The summed E-state index contributed by atoms with van der Waals surface area (Å²) in [5.74, 6) is 0. The first-order chi connectivity index (χ1) is 8.51. The second-order valence-corrected chi connectivity index (χ2v) is 7.93. The maximum atomic E-state index is 6.26. The molecule has 0 aromatic heterocycles. The van der Waals surface area contributed by atoms with E-state index >= 15 is 0 Å². The molecule has 0 bridgehead atoms. The first-order valence-electron chi connectivity index (χ1n) is 6.93. The molecule has 0 spiro atoms. The smallest absolute Gasteiger partial charge is 0.369 e. The lowest BCUT2D eigenvalue weighted by molar-refractivity contribution is 0.101. The van der Waals surface area contributed by atoms with Crippen LogP contribution in [0.3, 0.4) is 0 Å². The summed E-state index contributed by atoms with van der Waals surface area (Å²) in [5, 5.41) is 1.21. The van der Waals surface area contributed by atoms with Crippen LogP contribution in [0, 0.1) is 0 Å². The molecule has 0 fully saturated rings. The van der Waals surface area contributed by atoms with Crippen molar-refractivity contribution in [3.05, 3.63) is 30.3 Å². The number of hydrogen-bond donors (Lipinski definition) is 0. The zero-order valence-electron chi connectivity index (χ0n) is 12.3. The van der Waals surface area contributed by atoms with Crippen LogP contribution in [-0.2, 0) is 8.85 Å². The maximum Gasteiger partial charge on any atom is 0.369 e. The van der Waals surface area contributed by atoms with Gasteiger partial charge in [-0.25, -0.2) is 0 Å². The van der Waals surface area contributed by atoms with Crippen LogP contribution in [0.1, 0.15) is 40.5 Å². The van der Waals surface area contributed by atoms with Crippen LogP contribution in [0.25, 0.3) is 0 Å². The molecule has 0 radical (unpaired) electrons. The van der Waals surface area contributed by atoms with E-state index in [2.05, 4.69) is 58.5 Å². The Kier molecular flexibility index (Phi) is 6.06. The highest BCUT2D eigenvalue weighted by molar-refractivity contribution is 6.80. The van der Waals surface area contributed by atoms with Gasteiger partial charge in [-0.3, -0.25) is 0 Å². The summed E-state index contributed by atoms with van der Waals surface area (Å²) in [6.45, 7) is 10.7. The standard InChI is InChI=1S/C15H26O2Si/c1-6-13(3)16-18(5,17-14(4)7-2)15-11-9-8-10-12-15/h8-14H,6-7H2,1-5H3. The first-order valence-corrected chi connectivity index (χ1v) is 9.24. The third-order valence-electron chi connectivity index (χ3n) is 3.30. The topological polar surface area (TPSA) is 18.5 Å². The van der Waals surface area contributed by atoms with Gasteiger partial charge in [0.25, 0.3) is 0 Å². The molecule has 0 aliphatic heterocycles. The van der Waals surface area contributed by atoms with E-state index < -0.39 is 8.56 Å². The number of benzene rings is 1. The zero-order chi connectivity index (χ0) is 13.6. The van der Waals surface area contributed by atoms with Gasteiger partial charge in [0.2, 0.25) is 0 Å². The first kappa shape index (κ1) is 15.4. The fourth-order valence-corrected chi connectivity index (χ4v) is 4.83. The van der Waals surface area contributed by atoms with Crippen molar-refractivity contribution in [2.45, 2.75) is 59.3 Å². The molecule has 2 unspecified atom stereocenters. The van der Waals surface area contributed by atoms with Crippen LogP contribution >= 0.6 is 0 Å². The lowest BCUT2D eigenvalue weighted by atomic mass is 10.3. The Bertz CT molecular complexity index is 328. The fraction of sp³-hybridized carbons (Fsp3) is 0.600. The highest BCUT2D eigenvalue weighted by Gasteiger charge is 2.37. The van der Waals surface area contributed by atoms with Gasteiger partial charge >= 0.3 is 8.56 Å². The molecule has 0 aliphatic rings. The molecule has 18 heavy (non-hydrogen) atoms. The molecular formula is C15H26O2Si. The van der Waals surface area contributed by atoms with E-state index in [4.69, 9.17) is 8.85 Å². The summed E-state index contributed by atoms with van der Waals surface area (Å²) in [7, 11) is -2.29. The van der Waals surface area contributed by atoms with Crippen molar-refractivity contribution in [1.82, 2.24) is 0 Å². The fourth-order valence-electron chi connectivity index (χ4n) is 1.84.